The molecule has 2 aliphatic rings. The van der Waals surface area contributed by atoms with Crippen LogP contribution in [0, 0.1) is 16.0 Å². The van der Waals surface area contributed by atoms with E-state index in [1.165, 1.54) is 29.6 Å². The number of carboxylic acids is 1. The van der Waals surface area contributed by atoms with Gasteiger partial charge in [0, 0.05) is 78.1 Å². The Labute approximate surface area is 381 Å². The molecule has 2 saturated heterocycles. The molecule has 5 aromatic carbocycles. The minimum Gasteiger partial charge on any atom is -0.481 e. The van der Waals surface area contributed by atoms with E-state index in [2.05, 4.69) is 59.0 Å². The Kier molecular flexibility index (Phi) is 14.3. The molecule has 2 fully saturated rings. The molecule has 1 atom stereocenters. The van der Waals surface area contributed by atoms with Crippen molar-refractivity contribution in [2.24, 2.45) is 5.92 Å². The van der Waals surface area contributed by atoms with E-state index >= 15 is 0 Å². The zero-order chi connectivity index (χ0) is 44.6. The van der Waals surface area contributed by atoms with Crippen molar-refractivity contribution in [1.82, 2.24) is 19.8 Å². The smallest absolute Gasteiger partial charge is 0.306 e. The van der Waals surface area contributed by atoms with E-state index in [1.807, 2.05) is 66.7 Å². The maximum Gasteiger partial charge on any atom is 0.306 e. The summed E-state index contributed by atoms with van der Waals surface area (Å²) in [4.78, 5) is 39.8. The van der Waals surface area contributed by atoms with Gasteiger partial charge < -0.3 is 20.2 Å². The number of halogens is 1. The van der Waals surface area contributed by atoms with Crippen LogP contribution in [0.5, 0.6) is 0 Å². The number of nitro groups is 1. The number of aromatic nitrogens is 2. The highest BCUT2D eigenvalue weighted by Gasteiger charge is 2.27. The van der Waals surface area contributed by atoms with E-state index in [9.17, 15) is 28.4 Å². The highest BCUT2D eigenvalue weighted by molar-refractivity contribution is 7.99. The molecule has 0 spiro atoms. The zero-order valence-corrected chi connectivity index (χ0v) is 37.4. The first kappa shape index (κ1) is 44.8. The molecule has 0 saturated carbocycles. The van der Waals surface area contributed by atoms with Gasteiger partial charge in [0.1, 0.15) is 12.0 Å². The summed E-state index contributed by atoms with van der Waals surface area (Å²) in [6, 6.07) is 35.5. The van der Waals surface area contributed by atoms with Crippen LogP contribution in [0.3, 0.4) is 0 Å². The minimum absolute atomic E-state index is 0.0657. The number of fused-ring (bicyclic) bond motifs is 1. The van der Waals surface area contributed by atoms with Gasteiger partial charge in [-0.05, 0) is 104 Å². The van der Waals surface area contributed by atoms with Crippen molar-refractivity contribution in [3.63, 3.8) is 0 Å². The fraction of sp³-hybridized carbons (Fsp3) is 0.298. The molecule has 64 heavy (non-hydrogen) atoms. The Morgan fingerprint density at radius 1 is 0.875 bits per heavy atom. The molecule has 1 aromatic heterocycles. The molecule has 6 aromatic rings. The van der Waals surface area contributed by atoms with Gasteiger partial charge >= 0.3 is 5.97 Å². The highest BCUT2D eigenvalue weighted by Crippen LogP contribution is 2.33. The number of anilines is 3. The Morgan fingerprint density at radius 2 is 1.61 bits per heavy atom. The number of rotatable bonds is 17. The van der Waals surface area contributed by atoms with Gasteiger partial charge in [-0.3, -0.25) is 24.5 Å². The van der Waals surface area contributed by atoms with E-state index in [0.29, 0.717) is 60.6 Å². The number of carbonyl (C=O) groups is 1. The van der Waals surface area contributed by atoms with Gasteiger partial charge in [-0.15, -0.1) is 11.8 Å². The van der Waals surface area contributed by atoms with Crippen LogP contribution in [0.4, 0.5) is 22.9 Å². The number of aliphatic carboxylic acids is 1. The molecule has 8 rings (SSSR count). The van der Waals surface area contributed by atoms with Crippen LogP contribution in [-0.2, 0) is 21.4 Å². The lowest BCUT2D eigenvalue weighted by atomic mass is 9.97. The number of benzene rings is 5. The summed E-state index contributed by atoms with van der Waals surface area (Å²) in [6.45, 7) is 6.12. The van der Waals surface area contributed by atoms with Crippen molar-refractivity contribution < 1.29 is 23.2 Å². The molecule has 14 nitrogen and oxygen atoms in total. The second kappa shape index (κ2) is 20.4. The molecular weight excluding hydrogens is 872 g/mol. The Balaban J connectivity index is 0.928. The summed E-state index contributed by atoms with van der Waals surface area (Å²) in [5.74, 6) is -0.450. The number of thioether (sulfide) groups is 1. The average Bonchev–Trinajstić information content (AvgIpc) is 3.31. The molecule has 0 amide bonds. The number of hydrogen-bond acceptors (Lipinski definition) is 12. The summed E-state index contributed by atoms with van der Waals surface area (Å²) in [7, 11) is -4.32. The van der Waals surface area contributed by atoms with E-state index in [4.69, 9.17) is 11.6 Å². The highest BCUT2D eigenvalue weighted by atomic mass is 35.5. The molecule has 332 valence electrons. The first-order valence-electron chi connectivity index (χ1n) is 21.3. The lowest BCUT2D eigenvalue weighted by Crippen LogP contribution is -2.46. The van der Waals surface area contributed by atoms with Gasteiger partial charge in [0.05, 0.1) is 21.3 Å². The fourth-order valence-corrected chi connectivity index (χ4v) is 10.5. The summed E-state index contributed by atoms with van der Waals surface area (Å²) in [5.41, 5.74) is 4.92. The number of nitrogens with zero attached hydrogens (tertiary/aromatic N) is 6. The molecule has 0 radical (unpaired) electrons. The molecule has 17 heteroatoms. The molecule has 0 unspecified atom stereocenters. The van der Waals surface area contributed by atoms with E-state index in [-0.39, 0.29) is 34.0 Å². The van der Waals surface area contributed by atoms with Crippen LogP contribution < -0.4 is 14.9 Å². The summed E-state index contributed by atoms with van der Waals surface area (Å²) >= 11 is 7.76. The Hall–Kier alpha value is -5.78. The number of sulfonamides is 1. The average molecular weight is 922 g/mol. The molecular formula is C47H49ClN8O6S2. The van der Waals surface area contributed by atoms with Crippen molar-refractivity contribution in [3.8, 4) is 11.1 Å². The molecule has 3 N–H and O–H groups in total. The Morgan fingerprint density at radius 3 is 2.34 bits per heavy atom. The van der Waals surface area contributed by atoms with Gasteiger partial charge in [-0.25, -0.2) is 18.4 Å². The topological polar surface area (TPSA) is 174 Å². The van der Waals surface area contributed by atoms with Crippen LogP contribution in [0.25, 0.3) is 22.0 Å². The summed E-state index contributed by atoms with van der Waals surface area (Å²) in [5, 5.41) is 26.4. The molecule has 2 aliphatic heterocycles. The van der Waals surface area contributed by atoms with Gasteiger partial charge in [0.2, 0.25) is 0 Å². The first-order chi connectivity index (χ1) is 31.0. The van der Waals surface area contributed by atoms with Crippen LogP contribution in [0.15, 0.2) is 131 Å². The third-order valence-corrected chi connectivity index (χ3v) is 14.7. The second-order valence-electron chi connectivity index (χ2n) is 16.1. The van der Waals surface area contributed by atoms with Crippen LogP contribution in [0.1, 0.15) is 24.8 Å². The predicted molar refractivity (Wildman–Crippen MR) is 254 cm³/mol. The first-order valence-corrected chi connectivity index (χ1v) is 24.1. The van der Waals surface area contributed by atoms with Crippen LogP contribution in [-0.4, -0.2) is 102 Å². The lowest BCUT2D eigenvalue weighted by Gasteiger charge is -2.36. The van der Waals surface area contributed by atoms with Crippen molar-refractivity contribution in [2.45, 2.75) is 41.6 Å². The Bertz CT molecular complexity index is 2700. The summed E-state index contributed by atoms with van der Waals surface area (Å²) < 4.78 is 30.3. The van der Waals surface area contributed by atoms with Gasteiger partial charge in [0.15, 0.2) is 5.82 Å². The number of hydrogen-bond donors (Lipinski definition) is 3. The monoisotopic (exact) mass is 920 g/mol. The van der Waals surface area contributed by atoms with E-state index in [0.717, 1.165) is 54.9 Å². The van der Waals surface area contributed by atoms with Crippen molar-refractivity contribution in [2.75, 3.05) is 66.5 Å². The third kappa shape index (κ3) is 11.1. The number of piperazine rings is 1. The standard InChI is InChI=1S/C47H49ClN8O6S2/c48-36-12-10-33(11-13-36)41-9-5-4-6-35(41)30-54-24-26-55(27-25-54)38-14-16-42-44(28-38)49-32-50-46(42)52-64(61,62)40-15-17-43(45(29-40)56(59)60)51-37(31-63-39-7-2-1-3-8-39)20-23-53-21-18-34(19-22-53)47(57)58/h1-17,28-29,32,34,37,51H,18-27,30-31H2,(H,57,58)(H,49,50,52)/t37-/m1/s1. The van der Waals surface area contributed by atoms with Crippen LogP contribution >= 0.6 is 23.4 Å². The van der Waals surface area contributed by atoms with E-state index < -0.39 is 20.9 Å². The van der Waals surface area contributed by atoms with Crippen LogP contribution in [0.2, 0.25) is 5.02 Å². The summed E-state index contributed by atoms with van der Waals surface area (Å²) in [6.07, 6.45) is 3.10. The predicted octanol–water partition coefficient (Wildman–Crippen LogP) is 8.74. The van der Waals surface area contributed by atoms with Crippen molar-refractivity contribution >= 4 is 73.1 Å². The van der Waals surface area contributed by atoms with Gasteiger partial charge in [-0.2, -0.15) is 0 Å². The number of carboxylic acid groups (broad SMARTS) is 1. The zero-order valence-electron chi connectivity index (χ0n) is 35.1. The molecule has 0 bridgehead atoms. The quantitative estimate of drug-likeness (QED) is 0.0451. The third-order valence-electron chi connectivity index (χ3n) is 11.9. The maximum atomic E-state index is 13.9. The number of nitrogens with one attached hydrogen (secondary N) is 2. The largest absolute Gasteiger partial charge is 0.481 e. The number of piperidine rings is 1. The lowest BCUT2D eigenvalue weighted by molar-refractivity contribution is -0.384. The van der Waals surface area contributed by atoms with Crippen molar-refractivity contribution in [1.29, 1.82) is 0 Å². The fourth-order valence-electron chi connectivity index (χ4n) is 8.31. The second-order valence-corrected chi connectivity index (χ2v) is 19.3. The minimum atomic E-state index is -4.32. The van der Waals surface area contributed by atoms with Gasteiger partial charge in [-0.1, -0.05) is 66.2 Å². The number of nitro benzene ring substituents is 1. The molecule has 3 heterocycles. The molecule has 0 aliphatic carbocycles. The van der Waals surface area contributed by atoms with Crippen molar-refractivity contribution in [3.05, 3.63) is 142 Å². The SMILES string of the molecule is O=C(O)C1CCN(CC[C@H](CSc2ccccc2)Nc2ccc(S(=O)(=O)Nc3ncnc4cc(N5CCN(Cc6ccccc6-c6ccc(Cl)cc6)CC5)ccc34)cc2[N+](=O)[O-])CC1. The maximum absolute atomic E-state index is 13.9. The normalized spacial score (nSPS) is 15.8. The number of likely N-dealkylation sites (tertiary alicyclic amines) is 1. The van der Waals surface area contributed by atoms with E-state index in [1.54, 1.807) is 17.8 Å². The van der Waals surface area contributed by atoms with Gasteiger partial charge in [0.25, 0.3) is 15.7 Å².